The third kappa shape index (κ3) is 3.12. The molecule has 0 amide bonds. The molecule has 1 aliphatic rings. The molecule has 6 heteroatoms. The van der Waals surface area contributed by atoms with Gasteiger partial charge in [0.1, 0.15) is 0 Å². The summed E-state index contributed by atoms with van der Waals surface area (Å²) in [4.78, 5) is 0. The first-order valence-electron chi connectivity index (χ1n) is 6.30. The minimum absolute atomic E-state index is 0.218. The molecule has 19 heavy (non-hydrogen) atoms. The molecule has 2 atom stereocenters. The highest BCUT2D eigenvalue weighted by Gasteiger charge is 2.31. The van der Waals surface area contributed by atoms with Gasteiger partial charge in [0.05, 0.1) is 11.0 Å². The second-order valence-electron chi connectivity index (χ2n) is 4.90. The molecule has 1 fully saturated rings. The summed E-state index contributed by atoms with van der Waals surface area (Å²) in [5.74, 6) is -1.54. The summed E-state index contributed by atoms with van der Waals surface area (Å²) < 4.78 is 50.0. The van der Waals surface area contributed by atoms with E-state index < -0.39 is 32.8 Å². The Morgan fingerprint density at radius 3 is 2.79 bits per heavy atom. The van der Waals surface area contributed by atoms with Crippen molar-refractivity contribution in [2.24, 2.45) is 0 Å². The molecule has 1 aromatic rings. The van der Waals surface area contributed by atoms with Crippen LogP contribution in [0.5, 0.6) is 0 Å². The Labute approximate surface area is 111 Å². The number of rotatable bonds is 4. The lowest BCUT2D eigenvalue weighted by molar-refractivity contribution is 0.470. The Morgan fingerprint density at radius 1 is 1.42 bits per heavy atom. The summed E-state index contributed by atoms with van der Waals surface area (Å²) in [6.07, 6.45) is 1.31. The molecule has 1 N–H and O–H groups in total. The molecular weight excluding hydrogens is 272 g/mol. The fraction of sp³-hybridized carbons (Fsp3) is 0.538. The van der Waals surface area contributed by atoms with Gasteiger partial charge in [-0.2, -0.15) is 0 Å². The lowest BCUT2D eigenvalue weighted by Gasteiger charge is -2.18. The van der Waals surface area contributed by atoms with E-state index in [0.29, 0.717) is 12.8 Å². The number of nitrogens with one attached hydrogen (secondary N) is 1. The highest BCUT2D eigenvalue weighted by atomic mass is 32.2. The Morgan fingerprint density at radius 2 is 2.16 bits per heavy atom. The first kappa shape index (κ1) is 14.4. The molecule has 0 aromatic heterocycles. The van der Waals surface area contributed by atoms with Crippen molar-refractivity contribution in [3.05, 3.63) is 35.4 Å². The van der Waals surface area contributed by atoms with Crippen molar-refractivity contribution in [1.29, 1.82) is 0 Å². The van der Waals surface area contributed by atoms with Gasteiger partial charge in [0, 0.05) is 18.2 Å². The molecule has 1 saturated heterocycles. The van der Waals surface area contributed by atoms with E-state index >= 15 is 0 Å². The maximum atomic E-state index is 13.6. The third-order valence-corrected chi connectivity index (χ3v) is 5.84. The zero-order valence-corrected chi connectivity index (χ0v) is 11.5. The second-order valence-corrected chi connectivity index (χ2v) is 7.30. The first-order chi connectivity index (χ1) is 8.92. The molecule has 1 aliphatic heterocycles. The minimum Gasteiger partial charge on any atom is -0.309 e. The smallest absolute Gasteiger partial charge is 0.163 e. The van der Waals surface area contributed by atoms with Crippen LogP contribution in [0.4, 0.5) is 8.78 Å². The molecule has 0 aliphatic carbocycles. The summed E-state index contributed by atoms with van der Waals surface area (Å²) in [6.45, 7) is 1.97. The molecule has 2 unspecified atom stereocenters. The van der Waals surface area contributed by atoms with E-state index in [9.17, 15) is 17.2 Å². The van der Waals surface area contributed by atoms with E-state index in [2.05, 4.69) is 5.32 Å². The van der Waals surface area contributed by atoms with Crippen LogP contribution in [-0.2, 0) is 9.84 Å². The van der Waals surface area contributed by atoms with Crippen LogP contribution >= 0.6 is 0 Å². The van der Waals surface area contributed by atoms with Gasteiger partial charge in [-0.15, -0.1) is 0 Å². The van der Waals surface area contributed by atoms with Gasteiger partial charge in [0.2, 0.25) is 0 Å². The van der Waals surface area contributed by atoms with Crippen LogP contribution in [0, 0.1) is 11.6 Å². The van der Waals surface area contributed by atoms with Crippen LogP contribution in [0.3, 0.4) is 0 Å². The standard InChI is InChI=1S/C13H17F2NO2S/c1-9(11-5-2-6-12(14)13(11)15)16-8-10-4-3-7-19(10,17)18/h2,5-6,9-10,16H,3-4,7-8H2,1H3. The lowest BCUT2D eigenvalue weighted by atomic mass is 10.1. The van der Waals surface area contributed by atoms with Gasteiger partial charge in [-0.3, -0.25) is 0 Å². The summed E-state index contributed by atoms with van der Waals surface area (Å²) >= 11 is 0. The van der Waals surface area contributed by atoms with E-state index in [0.717, 1.165) is 6.07 Å². The number of hydrogen-bond acceptors (Lipinski definition) is 3. The van der Waals surface area contributed by atoms with Crippen LogP contribution in [0.25, 0.3) is 0 Å². The van der Waals surface area contributed by atoms with Crippen molar-refractivity contribution < 1.29 is 17.2 Å². The van der Waals surface area contributed by atoms with Crippen molar-refractivity contribution >= 4 is 9.84 Å². The summed E-state index contributed by atoms with van der Waals surface area (Å²) in [6, 6.07) is 3.58. The molecule has 106 valence electrons. The van der Waals surface area contributed by atoms with E-state index in [1.54, 1.807) is 6.92 Å². The lowest BCUT2D eigenvalue weighted by Crippen LogP contribution is -2.32. The van der Waals surface area contributed by atoms with Crippen LogP contribution in [0.1, 0.15) is 31.4 Å². The zero-order chi connectivity index (χ0) is 14.0. The Kier molecular flexibility index (Phi) is 4.20. The fourth-order valence-corrected chi connectivity index (χ4v) is 4.14. The molecule has 2 rings (SSSR count). The van der Waals surface area contributed by atoms with E-state index in [1.165, 1.54) is 12.1 Å². The molecule has 1 aromatic carbocycles. The maximum Gasteiger partial charge on any atom is 0.163 e. The predicted octanol–water partition coefficient (Wildman–Crippen LogP) is 2.19. The van der Waals surface area contributed by atoms with Gasteiger partial charge in [-0.05, 0) is 25.8 Å². The molecule has 0 bridgehead atoms. The van der Waals surface area contributed by atoms with Gasteiger partial charge < -0.3 is 5.32 Å². The van der Waals surface area contributed by atoms with Crippen LogP contribution in [0.2, 0.25) is 0 Å². The molecule has 0 spiro atoms. The van der Waals surface area contributed by atoms with Gasteiger partial charge in [0.15, 0.2) is 21.5 Å². The Bertz CT molecular complexity index is 560. The van der Waals surface area contributed by atoms with E-state index in [1.807, 2.05) is 0 Å². The topological polar surface area (TPSA) is 46.2 Å². The third-order valence-electron chi connectivity index (χ3n) is 3.56. The highest BCUT2D eigenvalue weighted by Crippen LogP contribution is 2.22. The summed E-state index contributed by atoms with van der Waals surface area (Å²) in [7, 11) is -3.01. The van der Waals surface area contributed by atoms with Crippen molar-refractivity contribution in [1.82, 2.24) is 5.32 Å². The maximum absolute atomic E-state index is 13.6. The van der Waals surface area contributed by atoms with E-state index in [4.69, 9.17) is 0 Å². The molecule has 1 heterocycles. The SMILES string of the molecule is CC(NCC1CCCS1(=O)=O)c1cccc(F)c1F. The minimum atomic E-state index is -3.01. The van der Waals surface area contributed by atoms with Gasteiger partial charge in [-0.1, -0.05) is 12.1 Å². The largest absolute Gasteiger partial charge is 0.309 e. The quantitative estimate of drug-likeness (QED) is 0.924. The number of halogens is 2. The van der Waals surface area contributed by atoms with Crippen molar-refractivity contribution in [3.63, 3.8) is 0 Å². The molecule has 3 nitrogen and oxygen atoms in total. The molecule has 0 saturated carbocycles. The first-order valence-corrected chi connectivity index (χ1v) is 8.02. The van der Waals surface area contributed by atoms with Gasteiger partial charge in [0.25, 0.3) is 0 Å². The monoisotopic (exact) mass is 289 g/mol. The summed E-state index contributed by atoms with van der Waals surface area (Å²) in [5.41, 5.74) is 0.218. The molecular formula is C13H17F2NO2S. The average Bonchev–Trinajstić information content (AvgIpc) is 2.69. The Hall–Kier alpha value is -1.01. The highest BCUT2D eigenvalue weighted by molar-refractivity contribution is 7.92. The van der Waals surface area contributed by atoms with E-state index in [-0.39, 0.29) is 17.9 Å². The Balaban J connectivity index is 2.02. The van der Waals surface area contributed by atoms with Crippen molar-refractivity contribution in [2.75, 3.05) is 12.3 Å². The number of benzene rings is 1. The van der Waals surface area contributed by atoms with Crippen LogP contribution < -0.4 is 5.32 Å². The second kappa shape index (κ2) is 5.54. The van der Waals surface area contributed by atoms with Crippen LogP contribution in [0.15, 0.2) is 18.2 Å². The summed E-state index contributed by atoms with van der Waals surface area (Å²) in [5, 5.41) is 2.57. The number of hydrogen-bond donors (Lipinski definition) is 1. The van der Waals surface area contributed by atoms with Crippen molar-refractivity contribution in [3.8, 4) is 0 Å². The normalized spacial score (nSPS) is 23.4. The number of sulfone groups is 1. The molecule has 0 radical (unpaired) electrons. The fourth-order valence-electron chi connectivity index (χ4n) is 2.36. The van der Waals surface area contributed by atoms with Crippen molar-refractivity contribution in [2.45, 2.75) is 31.1 Å². The van der Waals surface area contributed by atoms with Gasteiger partial charge in [-0.25, -0.2) is 17.2 Å². The van der Waals surface area contributed by atoms with Crippen LogP contribution in [-0.4, -0.2) is 26.0 Å². The zero-order valence-electron chi connectivity index (χ0n) is 10.7. The predicted molar refractivity (Wildman–Crippen MR) is 69.6 cm³/mol. The van der Waals surface area contributed by atoms with Gasteiger partial charge >= 0.3 is 0 Å². The average molecular weight is 289 g/mol.